The maximum atomic E-state index is 13.1. The molecule has 0 fully saturated rings. The molecule has 0 saturated heterocycles. The van der Waals surface area contributed by atoms with Gasteiger partial charge >= 0.3 is 5.97 Å². The van der Waals surface area contributed by atoms with Crippen LogP contribution in [0.5, 0.6) is 0 Å². The van der Waals surface area contributed by atoms with Gasteiger partial charge in [0.1, 0.15) is 12.4 Å². The zero-order valence-electron chi connectivity index (χ0n) is 15.3. The molecule has 0 bridgehead atoms. The van der Waals surface area contributed by atoms with Gasteiger partial charge in [0.05, 0.1) is 22.6 Å². The lowest BCUT2D eigenvalue weighted by Crippen LogP contribution is -2.14. The van der Waals surface area contributed by atoms with Crippen molar-refractivity contribution in [1.29, 1.82) is 0 Å². The van der Waals surface area contributed by atoms with E-state index in [9.17, 15) is 9.18 Å². The molecule has 26 heavy (non-hydrogen) atoms. The van der Waals surface area contributed by atoms with Gasteiger partial charge < -0.3 is 9.64 Å². The lowest BCUT2D eigenvalue weighted by molar-refractivity contribution is 0.0471. The van der Waals surface area contributed by atoms with Crippen molar-refractivity contribution in [1.82, 2.24) is 4.90 Å². The second kappa shape index (κ2) is 8.81. The van der Waals surface area contributed by atoms with Gasteiger partial charge in [0, 0.05) is 13.6 Å². The van der Waals surface area contributed by atoms with Crippen molar-refractivity contribution in [3.8, 4) is 0 Å². The molecule has 4 nitrogen and oxygen atoms in total. The molecule has 0 aromatic heterocycles. The van der Waals surface area contributed by atoms with Gasteiger partial charge in [-0.25, -0.2) is 14.2 Å². The molecule has 138 valence electrons. The summed E-state index contributed by atoms with van der Waals surface area (Å²) in [6.07, 6.45) is 1.69. The maximum Gasteiger partial charge on any atom is 0.338 e. The number of benzene rings is 2. The number of aryl methyl sites for hydroxylation is 2. The van der Waals surface area contributed by atoms with Crippen molar-refractivity contribution in [2.75, 3.05) is 13.6 Å². The summed E-state index contributed by atoms with van der Waals surface area (Å²) in [5, 5.41) is 0.376. The molecule has 0 radical (unpaired) electrons. The monoisotopic (exact) mass is 376 g/mol. The molecule has 0 aliphatic carbocycles. The second-order valence-electron chi connectivity index (χ2n) is 6.08. The van der Waals surface area contributed by atoms with Crippen LogP contribution in [0.15, 0.2) is 35.3 Å². The Morgan fingerprint density at radius 2 is 2.00 bits per heavy atom. The minimum atomic E-state index is -0.477. The van der Waals surface area contributed by atoms with Gasteiger partial charge in [0.15, 0.2) is 0 Å². The number of nitrogens with zero attached hydrogens (tertiary/aromatic N) is 2. The quantitative estimate of drug-likeness (QED) is 0.402. The Morgan fingerprint density at radius 3 is 2.65 bits per heavy atom. The highest BCUT2D eigenvalue weighted by atomic mass is 35.5. The Kier molecular flexibility index (Phi) is 6.75. The highest BCUT2D eigenvalue weighted by molar-refractivity contribution is 6.33. The average molecular weight is 377 g/mol. The van der Waals surface area contributed by atoms with E-state index in [0.29, 0.717) is 16.3 Å². The van der Waals surface area contributed by atoms with Crippen LogP contribution in [0.1, 0.15) is 34.0 Å². The third kappa shape index (κ3) is 5.05. The van der Waals surface area contributed by atoms with Gasteiger partial charge in [-0.3, -0.25) is 0 Å². The molecule has 0 spiro atoms. The van der Waals surface area contributed by atoms with Crippen LogP contribution in [0, 0.1) is 19.7 Å². The summed E-state index contributed by atoms with van der Waals surface area (Å²) in [4.78, 5) is 18.6. The van der Waals surface area contributed by atoms with Gasteiger partial charge in [0.2, 0.25) is 0 Å². The Balaban J connectivity index is 2.13. The molecular weight excluding hydrogens is 355 g/mol. The molecular formula is C20H22ClFN2O2. The van der Waals surface area contributed by atoms with Gasteiger partial charge in [-0.15, -0.1) is 0 Å². The summed E-state index contributed by atoms with van der Waals surface area (Å²) in [6.45, 7) is 6.49. The van der Waals surface area contributed by atoms with Crippen LogP contribution in [-0.2, 0) is 11.3 Å². The first-order valence-corrected chi connectivity index (χ1v) is 8.66. The summed E-state index contributed by atoms with van der Waals surface area (Å²) in [5.74, 6) is -0.792. The van der Waals surface area contributed by atoms with E-state index in [0.717, 1.165) is 23.2 Å². The van der Waals surface area contributed by atoms with Crippen LogP contribution in [0.25, 0.3) is 0 Å². The Hall–Kier alpha value is -2.40. The lowest BCUT2D eigenvalue weighted by Gasteiger charge is -2.12. The number of rotatable bonds is 6. The second-order valence-corrected chi connectivity index (χ2v) is 6.49. The molecule has 0 saturated carbocycles. The number of carbonyl (C=O) groups excluding carboxylic acids is 1. The number of aliphatic imine (C=N–C) groups is 1. The minimum Gasteiger partial charge on any atom is -0.457 e. The molecule has 6 heteroatoms. The zero-order chi connectivity index (χ0) is 19.3. The number of ether oxygens (including phenoxy) is 1. The number of esters is 1. The predicted octanol–water partition coefficient (Wildman–Crippen LogP) is 5.06. The van der Waals surface area contributed by atoms with E-state index in [1.165, 1.54) is 12.1 Å². The van der Waals surface area contributed by atoms with Crippen molar-refractivity contribution in [3.05, 3.63) is 63.4 Å². The summed E-state index contributed by atoms with van der Waals surface area (Å²) >= 11 is 6.25. The fourth-order valence-corrected chi connectivity index (χ4v) is 2.48. The molecule has 0 aliphatic heterocycles. The zero-order valence-corrected chi connectivity index (χ0v) is 16.1. The van der Waals surface area contributed by atoms with E-state index >= 15 is 0 Å². The van der Waals surface area contributed by atoms with Crippen molar-refractivity contribution in [3.63, 3.8) is 0 Å². The van der Waals surface area contributed by atoms with Crippen LogP contribution in [0.4, 0.5) is 10.1 Å². The Bertz CT molecular complexity index is 837. The molecule has 0 unspecified atom stereocenters. The van der Waals surface area contributed by atoms with E-state index in [4.69, 9.17) is 16.3 Å². The third-order valence-corrected chi connectivity index (χ3v) is 4.37. The van der Waals surface area contributed by atoms with Crippen molar-refractivity contribution < 1.29 is 13.9 Å². The normalized spacial score (nSPS) is 11.0. The average Bonchev–Trinajstić information content (AvgIpc) is 2.60. The number of hydrogen-bond acceptors (Lipinski definition) is 3. The Labute approximate surface area is 158 Å². The molecule has 0 amide bonds. The van der Waals surface area contributed by atoms with Gasteiger partial charge in [0.25, 0.3) is 0 Å². The standard InChI is InChI=1S/C20H22ClFN2O2/c1-5-24(4)12-23-19-9-14(3)17(10-18(19)21)20(25)26-11-15-6-7-16(22)8-13(15)2/h6-10,12H,5,11H2,1-4H3/b23-12+. The van der Waals surface area contributed by atoms with Gasteiger partial charge in [-0.05, 0) is 61.7 Å². The lowest BCUT2D eigenvalue weighted by atomic mass is 10.1. The topological polar surface area (TPSA) is 41.9 Å². The third-order valence-electron chi connectivity index (χ3n) is 4.07. The molecule has 2 rings (SSSR count). The highest BCUT2D eigenvalue weighted by Crippen LogP contribution is 2.29. The molecule has 2 aromatic rings. The Morgan fingerprint density at radius 1 is 1.27 bits per heavy atom. The van der Waals surface area contributed by atoms with Crippen LogP contribution in [-0.4, -0.2) is 30.8 Å². The number of carbonyl (C=O) groups is 1. The molecule has 0 N–H and O–H groups in total. The molecule has 0 heterocycles. The number of halogens is 2. The first kappa shape index (κ1) is 19.9. The fourth-order valence-electron chi connectivity index (χ4n) is 2.27. The highest BCUT2D eigenvalue weighted by Gasteiger charge is 2.14. The first-order chi connectivity index (χ1) is 12.3. The maximum absolute atomic E-state index is 13.1. The number of hydrogen-bond donors (Lipinski definition) is 0. The van der Waals surface area contributed by atoms with E-state index < -0.39 is 5.97 Å². The summed E-state index contributed by atoms with van der Waals surface area (Å²) in [5.41, 5.74) is 3.19. The summed E-state index contributed by atoms with van der Waals surface area (Å²) in [6, 6.07) is 7.68. The van der Waals surface area contributed by atoms with Crippen molar-refractivity contribution in [2.45, 2.75) is 27.4 Å². The molecule has 2 aromatic carbocycles. The minimum absolute atomic E-state index is 0.0726. The van der Waals surface area contributed by atoms with E-state index in [-0.39, 0.29) is 12.4 Å². The van der Waals surface area contributed by atoms with Gasteiger partial charge in [-0.1, -0.05) is 17.7 Å². The molecule has 0 aliphatic rings. The van der Waals surface area contributed by atoms with E-state index in [1.54, 1.807) is 38.4 Å². The van der Waals surface area contributed by atoms with Crippen LogP contribution in [0.3, 0.4) is 0 Å². The fraction of sp³-hybridized carbons (Fsp3) is 0.300. The van der Waals surface area contributed by atoms with Crippen LogP contribution < -0.4 is 0 Å². The van der Waals surface area contributed by atoms with Gasteiger partial charge in [-0.2, -0.15) is 0 Å². The van der Waals surface area contributed by atoms with E-state index in [2.05, 4.69) is 4.99 Å². The van der Waals surface area contributed by atoms with Crippen molar-refractivity contribution >= 4 is 29.6 Å². The van der Waals surface area contributed by atoms with E-state index in [1.807, 2.05) is 18.9 Å². The predicted molar refractivity (Wildman–Crippen MR) is 103 cm³/mol. The summed E-state index contributed by atoms with van der Waals surface area (Å²) in [7, 11) is 1.91. The smallest absolute Gasteiger partial charge is 0.338 e. The van der Waals surface area contributed by atoms with Crippen LogP contribution in [0.2, 0.25) is 5.02 Å². The largest absolute Gasteiger partial charge is 0.457 e. The van der Waals surface area contributed by atoms with Crippen LogP contribution >= 0.6 is 11.6 Å². The SMILES string of the molecule is CCN(C)/C=N/c1cc(C)c(C(=O)OCc2ccc(F)cc2C)cc1Cl. The van der Waals surface area contributed by atoms with Crippen molar-refractivity contribution in [2.24, 2.45) is 4.99 Å². The summed E-state index contributed by atoms with van der Waals surface area (Å²) < 4.78 is 18.5. The first-order valence-electron chi connectivity index (χ1n) is 8.28. The molecule has 0 atom stereocenters.